The number of benzene rings is 2. The molecule has 0 bridgehead atoms. The molecule has 0 unspecified atom stereocenters. The number of aliphatic hydroxyl groups is 1. The molecule has 1 aliphatic carbocycles. The Morgan fingerprint density at radius 3 is 2.64 bits per heavy atom. The summed E-state index contributed by atoms with van der Waals surface area (Å²) < 4.78 is 11.2. The molecule has 0 heterocycles. The molecule has 6 nitrogen and oxygen atoms in total. The van der Waals surface area contributed by atoms with E-state index >= 15 is 0 Å². The third-order valence-electron chi connectivity index (χ3n) is 4.80. The zero-order valence-electron chi connectivity index (χ0n) is 16.4. The molecular formula is C22H28N2O4. The van der Waals surface area contributed by atoms with Crippen LogP contribution >= 0.6 is 0 Å². The molecule has 0 aromatic heterocycles. The minimum absolute atomic E-state index is 0.281. The number of hydrogen-bond donors (Lipinski definition) is 3. The van der Waals surface area contributed by atoms with Crippen LogP contribution in [-0.2, 0) is 12.8 Å². The van der Waals surface area contributed by atoms with E-state index in [0.29, 0.717) is 32.6 Å². The molecule has 3 N–H and O–H groups in total. The standard InChI is InChI=1S/C22H28N2O4/c1-3-27-19-10-9-15(13-20(19)28-4-2)11-12-23-22(26)24-21-17-8-6-5-7-16(17)14-18(21)25/h5-10,13,18,21,25H,3-4,11-12,14H2,1-2H3,(H2,23,24,26)/t18-,21+/m0/s1. The van der Waals surface area contributed by atoms with Gasteiger partial charge in [-0.3, -0.25) is 0 Å². The van der Waals surface area contributed by atoms with Crippen LogP contribution in [-0.4, -0.2) is 37.0 Å². The van der Waals surface area contributed by atoms with Crippen LogP contribution in [0.5, 0.6) is 11.5 Å². The van der Waals surface area contributed by atoms with Gasteiger partial charge in [-0.25, -0.2) is 4.79 Å². The van der Waals surface area contributed by atoms with E-state index in [0.717, 1.165) is 28.2 Å². The summed E-state index contributed by atoms with van der Waals surface area (Å²) in [5.74, 6) is 1.45. The van der Waals surface area contributed by atoms with Gasteiger partial charge < -0.3 is 25.2 Å². The van der Waals surface area contributed by atoms with Crippen LogP contribution in [0, 0.1) is 0 Å². The Morgan fingerprint density at radius 2 is 1.86 bits per heavy atom. The zero-order chi connectivity index (χ0) is 19.9. The zero-order valence-corrected chi connectivity index (χ0v) is 16.4. The molecule has 0 saturated heterocycles. The van der Waals surface area contributed by atoms with Gasteiger partial charge in [-0.2, -0.15) is 0 Å². The molecule has 0 saturated carbocycles. The fraction of sp³-hybridized carbons (Fsp3) is 0.409. The Balaban J connectivity index is 1.52. The molecule has 0 aliphatic heterocycles. The second-order valence-corrected chi connectivity index (χ2v) is 6.75. The normalized spacial score (nSPS) is 17.7. The van der Waals surface area contributed by atoms with Crippen molar-refractivity contribution < 1.29 is 19.4 Å². The maximum absolute atomic E-state index is 12.3. The predicted octanol–water partition coefficient (Wildman–Crippen LogP) is 2.98. The van der Waals surface area contributed by atoms with Crippen LogP contribution < -0.4 is 20.1 Å². The first-order valence-corrected chi connectivity index (χ1v) is 9.81. The maximum Gasteiger partial charge on any atom is 0.315 e. The molecule has 3 rings (SSSR count). The third-order valence-corrected chi connectivity index (χ3v) is 4.80. The lowest BCUT2D eigenvalue weighted by Crippen LogP contribution is -2.41. The number of fused-ring (bicyclic) bond motifs is 1. The van der Waals surface area contributed by atoms with Crippen molar-refractivity contribution in [2.45, 2.75) is 38.8 Å². The van der Waals surface area contributed by atoms with Crippen LogP contribution in [0.1, 0.15) is 36.6 Å². The Kier molecular flexibility index (Phi) is 6.76. The summed E-state index contributed by atoms with van der Waals surface area (Å²) >= 11 is 0. The molecule has 1 aliphatic rings. The van der Waals surface area contributed by atoms with E-state index < -0.39 is 6.10 Å². The fourth-order valence-corrected chi connectivity index (χ4v) is 3.51. The van der Waals surface area contributed by atoms with E-state index in [2.05, 4.69) is 10.6 Å². The highest BCUT2D eigenvalue weighted by atomic mass is 16.5. The van der Waals surface area contributed by atoms with Crippen molar-refractivity contribution in [2.75, 3.05) is 19.8 Å². The SMILES string of the molecule is CCOc1ccc(CCNC(=O)N[C@@H]2c3ccccc3C[C@@H]2O)cc1OCC. The summed E-state index contributed by atoms with van der Waals surface area (Å²) in [5, 5.41) is 16.0. The quantitative estimate of drug-likeness (QED) is 0.654. The molecule has 0 spiro atoms. The molecular weight excluding hydrogens is 356 g/mol. The average molecular weight is 384 g/mol. The van der Waals surface area contributed by atoms with Gasteiger partial charge in [0.05, 0.1) is 25.4 Å². The smallest absolute Gasteiger partial charge is 0.315 e. The van der Waals surface area contributed by atoms with Gasteiger partial charge in [-0.1, -0.05) is 30.3 Å². The van der Waals surface area contributed by atoms with Crippen molar-refractivity contribution in [1.29, 1.82) is 0 Å². The molecule has 2 atom stereocenters. The van der Waals surface area contributed by atoms with E-state index in [1.165, 1.54) is 0 Å². The van der Waals surface area contributed by atoms with E-state index in [1.807, 2.05) is 56.3 Å². The van der Waals surface area contributed by atoms with Crippen LogP contribution in [0.2, 0.25) is 0 Å². The lowest BCUT2D eigenvalue weighted by molar-refractivity contribution is 0.142. The van der Waals surface area contributed by atoms with Gasteiger partial charge in [0, 0.05) is 13.0 Å². The van der Waals surface area contributed by atoms with Crippen molar-refractivity contribution in [1.82, 2.24) is 10.6 Å². The van der Waals surface area contributed by atoms with Gasteiger partial charge in [0.1, 0.15) is 0 Å². The Bertz CT molecular complexity index is 809. The van der Waals surface area contributed by atoms with Gasteiger partial charge in [-0.15, -0.1) is 0 Å². The summed E-state index contributed by atoms with van der Waals surface area (Å²) in [6, 6.07) is 13.0. The number of rotatable bonds is 8. The first kappa shape index (κ1) is 20.0. The van der Waals surface area contributed by atoms with Crippen LogP contribution in [0.3, 0.4) is 0 Å². The molecule has 6 heteroatoms. The monoisotopic (exact) mass is 384 g/mol. The van der Waals surface area contributed by atoms with Gasteiger partial charge in [0.15, 0.2) is 11.5 Å². The van der Waals surface area contributed by atoms with Crippen molar-refractivity contribution in [3.05, 3.63) is 59.2 Å². The second-order valence-electron chi connectivity index (χ2n) is 6.75. The third kappa shape index (κ3) is 4.75. The summed E-state index contributed by atoms with van der Waals surface area (Å²) in [7, 11) is 0. The molecule has 0 fully saturated rings. The van der Waals surface area contributed by atoms with Gasteiger partial charge in [-0.05, 0) is 49.1 Å². The lowest BCUT2D eigenvalue weighted by atomic mass is 10.1. The van der Waals surface area contributed by atoms with E-state index in [1.54, 1.807) is 0 Å². The maximum atomic E-state index is 12.3. The molecule has 2 aromatic carbocycles. The van der Waals surface area contributed by atoms with Gasteiger partial charge >= 0.3 is 6.03 Å². The molecule has 2 aromatic rings. The average Bonchev–Trinajstić information content (AvgIpc) is 2.99. The fourth-order valence-electron chi connectivity index (χ4n) is 3.51. The van der Waals surface area contributed by atoms with E-state index in [-0.39, 0.29) is 12.1 Å². The summed E-state index contributed by atoms with van der Waals surface area (Å²) in [6.07, 6.45) is 0.639. The number of carbonyl (C=O) groups is 1. The van der Waals surface area contributed by atoms with Crippen molar-refractivity contribution in [3.8, 4) is 11.5 Å². The van der Waals surface area contributed by atoms with Gasteiger partial charge in [0.25, 0.3) is 0 Å². The number of hydrogen-bond acceptors (Lipinski definition) is 4. The first-order valence-electron chi connectivity index (χ1n) is 9.81. The number of carbonyl (C=O) groups excluding carboxylic acids is 1. The Morgan fingerprint density at radius 1 is 1.11 bits per heavy atom. The van der Waals surface area contributed by atoms with E-state index in [4.69, 9.17) is 9.47 Å². The number of amides is 2. The highest BCUT2D eigenvalue weighted by molar-refractivity contribution is 5.74. The summed E-state index contributed by atoms with van der Waals surface area (Å²) in [6.45, 7) is 5.50. The summed E-state index contributed by atoms with van der Waals surface area (Å²) in [5.41, 5.74) is 3.12. The highest BCUT2D eigenvalue weighted by Gasteiger charge is 2.31. The van der Waals surface area contributed by atoms with Crippen molar-refractivity contribution >= 4 is 6.03 Å². The molecule has 150 valence electrons. The number of ether oxygens (including phenoxy) is 2. The topological polar surface area (TPSA) is 79.8 Å². The van der Waals surface area contributed by atoms with Crippen LogP contribution in [0.25, 0.3) is 0 Å². The first-order chi connectivity index (χ1) is 13.6. The Labute approximate surface area is 165 Å². The highest BCUT2D eigenvalue weighted by Crippen LogP contribution is 2.31. The predicted molar refractivity (Wildman–Crippen MR) is 108 cm³/mol. The Hall–Kier alpha value is -2.73. The summed E-state index contributed by atoms with van der Waals surface area (Å²) in [4.78, 5) is 12.3. The lowest BCUT2D eigenvalue weighted by Gasteiger charge is -2.18. The van der Waals surface area contributed by atoms with E-state index in [9.17, 15) is 9.90 Å². The molecule has 28 heavy (non-hydrogen) atoms. The number of nitrogens with one attached hydrogen (secondary N) is 2. The minimum Gasteiger partial charge on any atom is -0.490 e. The second kappa shape index (κ2) is 9.46. The molecule has 0 radical (unpaired) electrons. The molecule has 2 amide bonds. The van der Waals surface area contributed by atoms with Crippen molar-refractivity contribution in [3.63, 3.8) is 0 Å². The van der Waals surface area contributed by atoms with Crippen molar-refractivity contribution in [2.24, 2.45) is 0 Å². The minimum atomic E-state index is -0.594. The van der Waals surface area contributed by atoms with Gasteiger partial charge in [0.2, 0.25) is 0 Å². The number of aliphatic hydroxyl groups excluding tert-OH is 1. The largest absolute Gasteiger partial charge is 0.490 e. The number of urea groups is 1. The van der Waals surface area contributed by atoms with Crippen LogP contribution in [0.4, 0.5) is 4.79 Å². The van der Waals surface area contributed by atoms with Crippen LogP contribution in [0.15, 0.2) is 42.5 Å².